The summed E-state index contributed by atoms with van der Waals surface area (Å²) in [5.41, 5.74) is 0.898. The van der Waals surface area contributed by atoms with Gasteiger partial charge in [0.05, 0.1) is 13.7 Å². The Bertz CT molecular complexity index is 497. The molecule has 0 aliphatic heterocycles. The zero-order valence-corrected chi connectivity index (χ0v) is 10.8. The Kier molecular flexibility index (Phi) is 4.69. The summed E-state index contributed by atoms with van der Waals surface area (Å²) in [6.45, 7) is 1.34. The Labute approximate surface area is 112 Å². The first-order valence-corrected chi connectivity index (χ1v) is 6.15. The van der Waals surface area contributed by atoms with Gasteiger partial charge in [0.1, 0.15) is 6.04 Å². The van der Waals surface area contributed by atoms with Crippen molar-refractivity contribution in [1.82, 2.24) is 15.1 Å². The molecule has 0 radical (unpaired) electrons. The summed E-state index contributed by atoms with van der Waals surface area (Å²) < 4.78 is 6.64. The molecule has 1 atom stereocenters. The SMILES string of the molecule is COC(=O)C(NCCn1cccn1)c1ccccc1. The minimum absolute atomic E-state index is 0.285. The molecule has 100 valence electrons. The first-order valence-electron chi connectivity index (χ1n) is 6.15. The van der Waals surface area contributed by atoms with Gasteiger partial charge in [-0.3, -0.25) is 10.00 Å². The Morgan fingerprint density at radius 1 is 1.37 bits per heavy atom. The molecule has 0 bridgehead atoms. The van der Waals surface area contributed by atoms with Crippen molar-refractivity contribution in [2.45, 2.75) is 12.6 Å². The van der Waals surface area contributed by atoms with Crippen LogP contribution in [0.1, 0.15) is 11.6 Å². The predicted octanol–water partition coefficient (Wildman–Crippen LogP) is 1.39. The number of hydrogen-bond donors (Lipinski definition) is 1. The number of ether oxygens (including phenoxy) is 1. The maximum absolute atomic E-state index is 11.8. The van der Waals surface area contributed by atoms with Gasteiger partial charge in [0.15, 0.2) is 0 Å². The second kappa shape index (κ2) is 6.70. The van der Waals surface area contributed by atoms with Crippen molar-refractivity contribution in [1.29, 1.82) is 0 Å². The number of carbonyl (C=O) groups is 1. The fourth-order valence-corrected chi connectivity index (χ4v) is 1.86. The number of hydrogen-bond acceptors (Lipinski definition) is 4. The first kappa shape index (κ1) is 13.3. The van der Waals surface area contributed by atoms with E-state index in [1.54, 1.807) is 6.20 Å². The fourth-order valence-electron chi connectivity index (χ4n) is 1.86. The summed E-state index contributed by atoms with van der Waals surface area (Å²) in [5, 5.41) is 7.30. The van der Waals surface area contributed by atoms with Crippen LogP contribution in [0.15, 0.2) is 48.8 Å². The normalized spacial score (nSPS) is 12.1. The van der Waals surface area contributed by atoms with E-state index in [2.05, 4.69) is 10.4 Å². The molecule has 1 N–H and O–H groups in total. The number of carbonyl (C=O) groups excluding carboxylic acids is 1. The van der Waals surface area contributed by atoms with E-state index in [0.29, 0.717) is 13.1 Å². The molecular formula is C14H17N3O2. The summed E-state index contributed by atoms with van der Waals surface area (Å²) in [6, 6.07) is 11.0. The van der Waals surface area contributed by atoms with Crippen LogP contribution in [0.5, 0.6) is 0 Å². The van der Waals surface area contributed by atoms with Crippen LogP contribution >= 0.6 is 0 Å². The number of methoxy groups -OCH3 is 1. The van der Waals surface area contributed by atoms with E-state index in [1.165, 1.54) is 7.11 Å². The average Bonchev–Trinajstić information content (AvgIpc) is 2.97. The number of benzene rings is 1. The summed E-state index contributed by atoms with van der Waals surface area (Å²) >= 11 is 0. The van der Waals surface area contributed by atoms with Gasteiger partial charge in [-0.25, -0.2) is 4.79 Å². The maximum Gasteiger partial charge on any atom is 0.327 e. The molecule has 5 heteroatoms. The van der Waals surface area contributed by atoms with E-state index >= 15 is 0 Å². The van der Waals surface area contributed by atoms with Gasteiger partial charge in [-0.1, -0.05) is 30.3 Å². The number of rotatable bonds is 6. The van der Waals surface area contributed by atoms with E-state index in [-0.39, 0.29) is 5.97 Å². The van der Waals surface area contributed by atoms with Gasteiger partial charge in [0.25, 0.3) is 0 Å². The van der Waals surface area contributed by atoms with E-state index in [4.69, 9.17) is 4.74 Å². The zero-order valence-electron chi connectivity index (χ0n) is 10.8. The van der Waals surface area contributed by atoms with Crippen LogP contribution in [-0.4, -0.2) is 29.4 Å². The lowest BCUT2D eigenvalue weighted by atomic mass is 10.1. The van der Waals surface area contributed by atoms with Gasteiger partial charge >= 0.3 is 5.97 Å². The number of esters is 1. The van der Waals surface area contributed by atoms with Gasteiger partial charge in [-0.05, 0) is 11.6 Å². The van der Waals surface area contributed by atoms with Gasteiger partial charge < -0.3 is 4.74 Å². The molecule has 0 aliphatic carbocycles. The predicted molar refractivity (Wildman–Crippen MR) is 71.4 cm³/mol. The molecule has 0 saturated carbocycles. The monoisotopic (exact) mass is 259 g/mol. The Hall–Kier alpha value is -2.14. The van der Waals surface area contributed by atoms with Gasteiger partial charge in [0.2, 0.25) is 0 Å². The summed E-state index contributed by atoms with van der Waals surface area (Å²) in [6.07, 6.45) is 3.62. The van der Waals surface area contributed by atoms with Crippen LogP contribution in [-0.2, 0) is 16.1 Å². The third-order valence-electron chi connectivity index (χ3n) is 2.82. The molecule has 0 spiro atoms. The third kappa shape index (κ3) is 3.66. The van der Waals surface area contributed by atoms with Crippen LogP contribution in [0.4, 0.5) is 0 Å². The fraction of sp³-hybridized carbons (Fsp3) is 0.286. The molecule has 0 saturated heterocycles. The molecule has 0 aliphatic rings. The van der Waals surface area contributed by atoms with Crippen molar-refractivity contribution in [2.75, 3.05) is 13.7 Å². The summed E-state index contributed by atoms with van der Waals surface area (Å²) in [7, 11) is 1.40. The van der Waals surface area contributed by atoms with Crippen molar-refractivity contribution in [3.8, 4) is 0 Å². The van der Waals surface area contributed by atoms with Crippen LogP contribution in [0, 0.1) is 0 Å². The van der Waals surface area contributed by atoms with Gasteiger partial charge in [-0.15, -0.1) is 0 Å². The lowest BCUT2D eigenvalue weighted by Crippen LogP contribution is -2.32. The summed E-state index contributed by atoms with van der Waals surface area (Å²) in [5.74, 6) is -0.285. The Morgan fingerprint density at radius 2 is 2.16 bits per heavy atom. The molecule has 0 fully saturated rings. The van der Waals surface area contributed by atoms with Crippen molar-refractivity contribution >= 4 is 5.97 Å². The lowest BCUT2D eigenvalue weighted by Gasteiger charge is -2.16. The molecule has 1 heterocycles. The third-order valence-corrected chi connectivity index (χ3v) is 2.82. The Morgan fingerprint density at radius 3 is 2.79 bits per heavy atom. The van der Waals surface area contributed by atoms with E-state index in [9.17, 15) is 4.79 Å². The smallest absolute Gasteiger partial charge is 0.327 e. The lowest BCUT2D eigenvalue weighted by molar-refractivity contribution is -0.143. The van der Waals surface area contributed by atoms with Gasteiger partial charge in [0, 0.05) is 18.9 Å². The molecule has 19 heavy (non-hydrogen) atoms. The van der Waals surface area contributed by atoms with Crippen molar-refractivity contribution in [2.24, 2.45) is 0 Å². The van der Waals surface area contributed by atoms with Crippen molar-refractivity contribution in [3.63, 3.8) is 0 Å². The van der Waals surface area contributed by atoms with E-state index in [0.717, 1.165) is 5.56 Å². The number of aromatic nitrogens is 2. The van der Waals surface area contributed by atoms with E-state index < -0.39 is 6.04 Å². The minimum Gasteiger partial charge on any atom is -0.468 e. The average molecular weight is 259 g/mol. The number of nitrogens with zero attached hydrogens (tertiary/aromatic N) is 2. The maximum atomic E-state index is 11.8. The largest absolute Gasteiger partial charge is 0.468 e. The van der Waals surface area contributed by atoms with Crippen LogP contribution in [0.2, 0.25) is 0 Å². The van der Waals surface area contributed by atoms with Crippen molar-refractivity contribution < 1.29 is 9.53 Å². The zero-order chi connectivity index (χ0) is 13.5. The molecule has 2 aromatic rings. The van der Waals surface area contributed by atoms with Crippen LogP contribution in [0.25, 0.3) is 0 Å². The van der Waals surface area contributed by atoms with E-state index in [1.807, 2.05) is 47.3 Å². The highest BCUT2D eigenvalue weighted by Crippen LogP contribution is 2.13. The minimum atomic E-state index is -0.443. The molecule has 0 amide bonds. The van der Waals surface area contributed by atoms with Crippen LogP contribution in [0.3, 0.4) is 0 Å². The van der Waals surface area contributed by atoms with Crippen LogP contribution < -0.4 is 5.32 Å². The Balaban J connectivity index is 1.97. The highest BCUT2D eigenvalue weighted by molar-refractivity contribution is 5.77. The quantitative estimate of drug-likeness (QED) is 0.796. The molecule has 2 rings (SSSR count). The topological polar surface area (TPSA) is 56.1 Å². The summed E-state index contributed by atoms with van der Waals surface area (Å²) in [4.78, 5) is 11.8. The second-order valence-electron chi connectivity index (χ2n) is 4.09. The molecular weight excluding hydrogens is 242 g/mol. The molecule has 5 nitrogen and oxygen atoms in total. The first-order chi connectivity index (χ1) is 9.31. The molecule has 1 aromatic heterocycles. The van der Waals surface area contributed by atoms with Crippen molar-refractivity contribution in [3.05, 3.63) is 54.4 Å². The molecule has 1 aromatic carbocycles. The highest BCUT2D eigenvalue weighted by Gasteiger charge is 2.20. The number of nitrogens with one attached hydrogen (secondary N) is 1. The molecule has 1 unspecified atom stereocenters. The second-order valence-corrected chi connectivity index (χ2v) is 4.09. The van der Waals surface area contributed by atoms with Gasteiger partial charge in [-0.2, -0.15) is 5.10 Å². The highest BCUT2D eigenvalue weighted by atomic mass is 16.5. The standard InChI is InChI=1S/C14H17N3O2/c1-19-14(18)13(12-6-3-2-4-7-12)15-9-11-17-10-5-8-16-17/h2-8,10,13,15H,9,11H2,1H3.